The number of aliphatic carboxylic acids is 1. The van der Waals surface area contributed by atoms with Crippen LogP contribution in [0.1, 0.15) is 29.5 Å². The van der Waals surface area contributed by atoms with E-state index in [9.17, 15) is 9.59 Å². The molecule has 108 valence electrons. The van der Waals surface area contributed by atoms with E-state index >= 15 is 0 Å². The summed E-state index contributed by atoms with van der Waals surface area (Å²) >= 11 is 0. The first-order valence-electron chi connectivity index (χ1n) is 6.84. The zero-order valence-corrected chi connectivity index (χ0v) is 11.3. The smallest absolute Gasteiger partial charge is 0.326 e. The number of hydrogen-bond acceptors (Lipinski definition) is 3. The number of carboxylic acids is 1. The van der Waals surface area contributed by atoms with Gasteiger partial charge in [-0.1, -0.05) is 18.2 Å². The molecule has 5 heteroatoms. The number of amides is 1. The van der Waals surface area contributed by atoms with Crippen molar-refractivity contribution in [1.29, 1.82) is 0 Å². The molecule has 0 bridgehead atoms. The first-order chi connectivity index (χ1) is 9.60. The van der Waals surface area contributed by atoms with Gasteiger partial charge in [0, 0.05) is 13.0 Å². The van der Waals surface area contributed by atoms with E-state index in [4.69, 9.17) is 10.2 Å². The fourth-order valence-electron chi connectivity index (χ4n) is 2.55. The third kappa shape index (κ3) is 3.57. The van der Waals surface area contributed by atoms with Crippen molar-refractivity contribution >= 4 is 11.9 Å². The van der Waals surface area contributed by atoms with E-state index in [2.05, 4.69) is 5.32 Å². The average Bonchev–Trinajstić information content (AvgIpc) is 2.85. The molecule has 0 unspecified atom stereocenters. The Labute approximate surface area is 117 Å². The maximum Gasteiger partial charge on any atom is 0.326 e. The van der Waals surface area contributed by atoms with Crippen LogP contribution in [0.4, 0.5) is 0 Å². The summed E-state index contributed by atoms with van der Waals surface area (Å²) < 4.78 is 0. The number of carbonyl (C=O) groups is 2. The lowest BCUT2D eigenvalue weighted by atomic mass is 10.0. The molecule has 3 N–H and O–H groups in total. The highest BCUT2D eigenvalue weighted by atomic mass is 16.4. The SMILES string of the molecule is O=C(Cc1ccc2c(c1)CCC2)N[C@@H](CCO)C(=O)O. The minimum atomic E-state index is -1.12. The summed E-state index contributed by atoms with van der Waals surface area (Å²) in [5, 5.41) is 20.1. The number of aliphatic hydroxyl groups excluding tert-OH is 1. The topological polar surface area (TPSA) is 86.6 Å². The number of carbonyl (C=O) groups excluding carboxylic acids is 1. The minimum absolute atomic E-state index is 0.0191. The number of fused-ring (bicyclic) bond motifs is 1. The van der Waals surface area contributed by atoms with Gasteiger partial charge in [-0.2, -0.15) is 0 Å². The van der Waals surface area contributed by atoms with Crippen molar-refractivity contribution in [3.8, 4) is 0 Å². The Balaban J connectivity index is 1.95. The average molecular weight is 277 g/mol. The lowest BCUT2D eigenvalue weighted by molar-refractivity contribution is -0.142. The van der Waals surface area contributed by atoms with E-state index in [1.807, 2.05) is 18.2 Å². The highest BCUT2D eigenvalue weighted by Gasteiger charge is 2.19. The molecule has 0 aromatic heterocycles. The largest absolute Gasteiger partial charge is 0.480 e. The van der Waals surface area contributed by atoms with Gasteiger partial charge in [0.05, 0.1) is 6.42 Å². The van der Waals surface area contributed by atoms with E-state index < -0.39 is 12.0 Å². The number of nitrogens with one attached hydrogen (secondary N) is 1. The highest BCUT2D eigenvalue weighted by Crippen LogP contribution is 2.22. The summed E-state index contributed by atoms with van der Waals surface area (Å²) in [7, 11) is 0. The van der Waals surface area contributed by atoms with Crippen LogP contribution < -0.4 is 5.32 Å². The van der Waals surface area contributed by atoms with Gasteiger partial charge in [-0.15, -0.1) is 0 Å². The molecule has 0 fully saturated rings. The minimum Gasteiger partial charge on any atom is -0.480 e. The van der Waals surface area contributed by atoms with Crippen molar-refractivity contribution in [3.05, 3.63) is 34.9 Å². The maximum atomic E-state index is 11.8. The van der Waals surface area contributed by atoms with Crippen molar-refractivity contribution in [3.63, 3.8) is 0 Å². The predicted octanol–water partition coefficient (Wildman–Crippen LogP) is 0.670. The molecule has 0 spiro atoms. The van der Waals surface area contributed by atoms with Gasteiger partial charge in [-0.05, 0) is 36.0 Å². The van der Waals surface area contributed by atoms with E-state index in [1.54, 1.807) is 0 Å². The van der Waals surface area contributed by atoms with Crippen molar-refractivity contribution in [2.45, 2.75) is 38.1 Å². The molecule has 5 nitrogen and oxygen atoms in total. The number of carboxylic acid groups (broad SMARTS) is 1. The second kappa shape index (κ2) is 6.52. The maximum absolute atomic E-state index is 11.8. The summed E-state index contributed by atoms with van der Waals surface area (Å²) in [4.78, 5) is 22.8. The highest BCUT2D eigenvalue weighted by molar-refractivity contribution is 5.84. The van der Waals surface area contributed by atoms with Gasteiger partial charge in [0.15, 0.2) is 0 Å². The van der Waals surface area contributed by atoms with Gasteiger partial charge < -0.3 is 15.5 Å². The van der Waals surface area contributed by atoms with Crippen LogP contribution in [-0.2, 0) is 28.9 Å². The molecule has 2 rings (SSSR count). The lowest BCUT2D eigenvalue weighted by Gasteiger charge is -2.13. The molecule has 1 atom stereocenters. The van der Waals surface area contributed by atoms with Crippen molar-refractivity contribution < 1.29 is 19.8 Å². The van der Waals surface area contributed by atoms with Crippen LogP contribution in [0.15, 0.2) is 18.2 Å². The third-order valence-corrected chi connectivity index (χ3v) is 3.58. The number of aryl methyl sites for hydroxylation is 2. The van der Waals surface area contributed by atoms with Crippen LogP contribution in [-0.4, -0.2) is 34.7 Å². The van der Waals surface area contributed by atoms with Gasteiger partial charge in [0.2, 0.25) is 5.91 Å². The molecule has 1 aromatic rings. The van der Waals surface area contributed by atoms with Gasteiger partial charge in [0.25, 0.3) is 0 Å². The molecule has 0 saturated heterocycles. The first-order valence-corrected chi connectivity index (χ1v) is 6.84. The number of rotatable bonds is 6. The van der Waals surface area contributed by atoms with Crippen molar-refractivity contribution in [1.82, 2.24) is 5.32 Å². The molecule has 0 saturated carbocycles. The summed E-state index contributed by atoms with van der Waals surface area (Å²) in [5.74, 6) is -1.45. The Hall–Kier alpha value is -1.88. The number of aliphatic hydroxyl groups is 1. The van der Waals surface area contributed by atoms with Gasteiger partial charge in [-0.25, -0.2) is 4.79 Å². The monoisotopic (exact) mass is 277 g/mol. The fourth-order valence-corrected chi connectivity index (χ4v) is 2.55. The Kier molecular flexibility index (Phi) is 4.74. The van der Waals surface area contributed by atoms with Crippen LogP contribution in [0.2, 0.25) is 0 Å². The zero-order valence-electron chi connectivity index (χ0n) is 11.3. The molecule has 1 amide bonds. The van der Waals surface area contributed by atoms with E-state index in [0.29, 0.717) is 0 Å². The standard InChI is InChI=1S/C15H19NO4/c17-7-6-13(15(19)20)16-14(18)9-10-4-5-11-2-1-3-12(11)8-10/h4-5,8,13,17H,1-3,6-7,9H2,(H,16,18)(H,19,20)/t13-/m0/s1. The first kappa shape index (κ1) is 14.5. The number of hydrogen-bond donors (Lipinski definition) is 3. The predicted molar refractivity (Wildman–Crippen MR) is 73.4 cm³/mol. The Morgan fingerprint density at radius 2 is 2.00 bits per heavy atom. The molecule has 0 radical (unpaired) electrons. The summed E-state index contributed by atoms with van der Waals surface area (Å²) in [6, 6.07) is 4.98. The Morgan fingerprint density at radius 3 is 2.70 bits per heavy atom. The number of benzene rings is 1. The van der Waals surface area contributed by atoms with Crippen molar-refractivity contribution in [2.75, 3.05) is 6.61 Å². The van der Waals surface area contributed by atoms with Crippen LogP contribution >= 0.6 is 0 Å². The molecular weight excluding hydrogens is 258 g/mol. The second-order valence-electron chi connectivity index (χ2n) is 5.10. The fraction of sp³-hybridized carbons (Fsp3) is 0.467. The lowest BCUT2D eigenvalue weighted by Crippen LogP contribution is -2.42. The normalized spacial score (nSPS) is 14.7. The molecule has 0 aliphatic heterocycles. The van der Waals surface area contributed by atoms with Crippen LogP contribution in [0.25, 0.3) is 0 Å². The third-order valence-electron chi connectivity index (χ3n) is 3.58. The van der Waals surface area contributed by atoms with E-state index in [0.717, 1.165) is 24.8 Å². The van der Waals surface area contributed by atoms with E-state index in [1.165, 1.54) is 11.1 Å². The molecule has 20 heavy (non-hydrogen) atoms. The Bertz CT molecular complexity index is 513. The second-order valence-corrected chi connectivity index (χ2v) is 5.10. The summed E-state index contributed by atoms with van der Waals surface area (Å²) in [5.41, 5.74) is 3.54. The summed E-state index contributed by atoms with van der Waals surface area (Å²) in [6.07, 6.45) is 3.49. The molecule has 1 aliphatic carbocycles. The molecule has 1 aliphatic rings. The van der Waals surface area contributed by atoms with Gasteiger partial charge >= 0.3 is 5.97 Å². The van der Waals surface area contributed by atoms with Crippen molar-refractivity contribution in [2.24, 2.45) is 0 Å². The van der Waals surface area contributed by atoms with Crippen LogP contribution in [0, 0.1) is 0 Å². The van der Waals surface area contributed by atoms with Gasteiger partial charge in [-0.3, -0.25) is 4.79 Å². The summed E-state index contributed by atoms with van der Waals surface area (Å²) in [6.45, 7) is -0.268. The van der Waals surface area contributed by atoms with Crippen LogP contribution in [0.5, 0.6) is 0 Å². The van der Waals surface area contributed by atoms with Gasteiger partial charge in [0.1, 0.15) is 6.04 Å². The van der Waals surface area contributed by atoms with E-state index in [-0.39, 0.29) is 25.4 Å². The molecule has 0 heterocycles. The molecular formula is C15H19NO4. The quantitative estimate of drug-likeness (QED) is 0.713. The molecule has 1 aromatic carbocycles. The Morgan fingerprint density at radius 1 is 1.25 bits per heavy atom. The zero-order chi connectivity index (χ0) is 14.5. The van der Waals surface area contributed by atoms with Crippen LogP contribution in [0.3, 0.4) is 0 Å².